The lowest BCUT2D eigenvalue weighted by Crippen LogP contribution is -2.20. The van der Waals surface area contributed by atoms with Gasteiger partial charge in [-0.3, -0.25) is 4.79 Å². The van der Waals surface area contributed by atoms with Gasteiger partial charge in [0.25, 0.3) is 0 Å². The quantitative estimate of drug-likeness (QED) is 0.666. The lowest BCUT2D eigenvalue weighted by molar-refractivity contribution is 0.112. The summed E-state index contributed by atoms with van der Waals surface area (Å²) in [5.41, 5.74) is 1.36. The molecule has 0 aromatic carbocycles. The Kier molecular flexibility index (Phi) is 2.07. The lowest BCUT2D eigenvalue weighted by atomic mass is 10.1. The van der Waals surface area contributed by atoms with Crippen LogP contribution in [0.3, 0.4) is 0 Å². The minimum Gasteiger partial charge on any atom is -0.326 e. The van der Waals surface area contributed by atoms with E-state index in [1.54, 1.807) is 6.20 Å². The van der Waals surface area contributed by atoms with Crippen molar-refractivity contribution in [2.24, 2.45) is 0 Å². The summed E-state index contributed by atoms with van der Waals surface area (Å²) in [7, 11) is 0. The maximum Gasteiger partial charge on any atom is 0.152 e. The molecule has 2 rings (SSSR count). The summed E-state index contributed by atoms with van der Waals surface area (Å²) in [5, 5.41) is 0.808. The number of nitrogens with zero attached hydrogens (tertiary/aromatic N) is 3. The Bertz CT molecular complexity index is 508. The lowest BCUT2D eigenvalue weighted by Gasteiger charge is -2.21. The predicted molar refractivity (Wildman–Crippen MR) is 57.9 cm³/mol. The third-order valence-electron chi connectivity index (χ3n) is 2.35. The number of hydrogen-bond acceptors (Lipinski definition) is 3. The number of aromatic nitrogens is 3. The van der Waals surface area contributed by atoms with Crippen LogP contribution in [0.1, 0.15) is 31.1 Å². The van der Waals surface area contributed by atoms with Gasteiger partial charge in [-0.1, -0.05) is 0 Å². The molecule has 0 atom stereocenters. The van der Waals surface area contributed by atoms with Crippen molar-refractivity contribution in [3.63, 3.8) is 0 Å². The summed E-state index contributed by atoms with van der Waals surface area (Å²) < 4.78 is 1.99. The smallest absolute Gasteiger partial charge is 0.152 e. The van der Waals surface area contributed by atoms with E-state index in [2.05, 4.69) is 30.7 Å². The van der Waals surface area contributed by atoms with Gasteiger partial charge in [-0.05, 0) is 20.8 Å². The molecule has 4 heteroatoms. The van der Waals surface area contributed by atoms with Gasteiger partial charge in [0.15, 0.2) is 6.29 Å². The maximum atomic E-state index is 10.9. The molecule has 2 heterocycles. The van der Waals surface area contributed by atoms with Crippen LogP contribution in [0.15, 0.2) is 18.7 Å². The number of fused-ring (bicyclic) bond motifs is 1. The highest BCUT2D eigenvalue weighted by molar-refractivity contribution is 5.95. The van der Waals surface area contributed by atoms with Crippen LogP contribution in [0, 0.1) is 0 Å². The Hall–Kier alpha value is -1.71. The molecule has 0 aliphatic rings. The molecule has 0 radical (unpaired) electrons. The van der Waals surface area contributed by atoms with Crippen LogP contribution >= 0.6 is 0 Å². The Labute approximate surface area is 88.0 Å². The van der Waals surface area contributed by atoms with Gasteiger partial charge >= 0.3 is 0 Å². The fraction of sp³-hybridized carbons (Fsp3) is 0.364. The van der Waals surface area contributed by atoms with E-state index < -0.39 is 0 Å². The maximum absolute atomic E-state index is 10.9. The summed E-state index contributed by atoms with van der Waals surface area (Å²) in [5.74, 6) is 0. The molecule has 0 aliphatic carbocycles. The zero-order valence-corrected chi connectivity index (χ0v) is 9.06. The molecule has 15 heavy (non-hydrogen) atoms. The summed E-state index contributed by atoms with van der Waals surface area (Å²) in [6, 6.07) is 0. The van der Waals surface area contributed by atoms with Gasteiger partial charge in [0.05, 0.1) is 0 Å². The molecule has 0 amide bonds. The Morgan fingerprint density at radius 1 is 1.40 bits per heavy atom. The molecule has 78 valence electrons. The van der Waals surface area contributed by atoms with Crippen molar-refractivity contribution < 1.29 is 4.79 Å². The second-order valence-corrected chi connectivity index (χ2v) is 4.50. The highest BCUT2D eigenvalue weighted by Gasteiger charge is 2.18. The average Bonchev–Trinajstić information content (AvgIpc) is 2.55. The second-order valence-electron chi connectivity index (χ2n) is 4.50. The van der Waals surface area contributed by atoms with Crippen LogP contribution < -0.4 is 0 Å². The van der Waals surface area contributed by atoms with Gasteiger partial charge < -0.3 is 4.57 Å². The number of hydrogen-bond donors (Lipinski definition) is 0. The summed E-state index contributed by atoms with van der Waals surface area (Å²) in [6.45, 7) is 6.22. The number of aldehydes is 1. The number of carbonyl (C=O) groups is 1. The first-order chi connectivity index (χ1) is 7.04. The van der Waals surface area contributed by atoms with Crippen molar-refractivity contribution in [2.45, 2.75) is 26.3 Å². The van der Waals surface area contributed by atoms with E-state index in [4.69, 9.17) is 0 Å². The second kappa shape index (κ2) is 3.15. The molecule has 0 N–H and O–H groups in total. The molecule has 0 spiro atoms. The Morgan fingerprint density at radius 3 is 2.73 bits per heavy atom. The van der Waals surface area contributed by atoms with Crippen molar-refractivity contribution >= 4 is 17.3 Å². The predicted octanol–water partition coefficient (Wildman–Crippen LogP) is 2.00. The molecule has 0 saturated carbocycles. The van der Waals surface area contributed by atoms with Crippen molar-refractivity contribution in [3.8, 4) is 0 Å². The topological polar surface area (TPSA) is 47.8 Å². The minimum atomic E-state index is -0.0894. The van der Waals surface area contributed by atoms with E-state index in [1.165, 1.54) is 6.33 Å². The van der Waals surface area contributed by atoms with E-state index in [0.717, 1.165) is 17.3 Å². The molecule has 0 aliphatic heterocycles. The van der Waals surface area contributed by atoms with Crippen molar-refractivity contribution in [1.82, 2.24) is 14.5 Å². The normalized spacial score (nSPS) is 11.9. The van der Waals surface area contributed by atoms with E-state index in [-0.39, 0.29) is 5.54 Å². The number of rotatable bonds is 1. The number of carbonyl (C=O) groups excluding carboxylic acids is 1. The first-order valence-corrected chi connectivity index (χ1v) is 4.81. The third kappa shape index (κ3) is 1.52. The summed E-state index contributed by atoms with van der Waals surface area (Å²) in [4.78, 5) is 19.0. The first-order valence-electron chi connectivity index (χ1n) is 4.81. The van der Waals surface area contributed by atoms with E-state index >= 15 is 0 Å². The third-order valence-corrected chi connectivity index (χ3v) is 2.35. The van der Waals surface area contributed by atoms with Crippen LogP contribution in [0.25, 0.3) is 11.0 Å². The molecule has 0 fully saturated rings. The Morgan fingerprint density at radius 2 is 2.13 bits per heavy atom. The van der Waals surface area contributed by atoms with E-state index in [1.807, 2.05) is 10.8 Å². The van der Waals surface area contributed by atoms with Gasteiger partial charge in [-0.2, -0.15) is 0 Å². The van der Waals surface area contributed by atoms with Crippen molar-refractivity contribution in [1.29, 1.82) is 0 Å². The average molecular weight is 203 g/mol. The zero-order valence-electron chi connectivity index (χ0n) is 9.06. The largest absolute Gasteiger partial charge is 0.326 e. The van der Waals surface area contributed by atoms with Gasteiger partial charge in [-0.25, -0.2) is 9.97 Å². The van der Waals surface area contributed by atoms with Gasteiger partial charge in [0, 0.05) is 28.9 Å². The molecule has 0 bridgehead atoms. The SMILES string of the molecule is CC(C)(C)n1cc(C=O)c2cncnc21. The fourth-order valence-corrected chi connectivity index (χ4v) is 1.59. The van der Waals surface area contributed by atoms with Gasteiger partial charge in [0.2, 0.25) is 0 Å². The first kappa shape index (κ1) is 9.83. The summed E-state index contributed by atoms with van der Waals surface area (Å²) in [6.07, 6.45) is 5.84. The molecule has 2 aromatic heterocycles. The zero-order chi connectivity index (χ0) is 11.1. The Balaban J connectivity index is 2.82. The van der Waals surface area contributed by atoms with Crippen molar-refractivity contribution in [3.05, 3.63) is 24.3 Å². The van der Waals surface area contributed by atoms with E-state index in [9.17, 15) is 4.79 Å². The van der Waals surface area contributed by atoms with Gasteiger partial charge in [-0.15, -0.1) is 0 Å². The minimum absolute atomic E-state index is 0.0894. The molecule has 0 saturated heterocycles. The highest BCUT2D eigenvalue weighted by Crippen LogP contribution is 2.24. The molecular formula is C11H13N3O. The molecule has 0 unspecified atom stereocenters. The van der Waals surface area contributed by atoms with Crippen LogP contribution in [0.5, 0.6) is 0 Å². The molecule has 4 nitrogen and oxygen atoms in total. The standard InChI is InChI=1S/C11H13N3O/c1-11(2,3)14-5-8(6-15)9-4-12-7-13-10(9)14/h4-7H,1-3H3. The monoisotopic (exact) mass is 203 g/mol. The van der Waals surface area contributed by atoms with Crippen molar-refractivity contribution in [2.75, 3.05) is 0 Å². The van der Waals surface area contributed by atoms with Gasteiger partial charge in [0.1, 0.15) is 12.0 Å². The summed E-state index contributed by atoms with van der Waals surface area (Å²) >= 11 is 0. The van der Waals surface area contributed by atoms with Crippen LogP contribution in [-0.2, 0) is 5.54 Å². The van der Waals surface area contributed by atoms with Crippen LogP contribution in [-0.4, -0.2) is 20.8 Å². The van der Waals surface area contributed by atoms with Crippen LogP contribution in [0.2, 0.25) is 0 Å². The molecular weight excluding hydrogens is 190 g/mol. The van der Waals surface area contributed by atoms with E-state index in [0.29, 0.717) is 5.56 Å². The fourth-order valence-electron chi connectivity index (χ4n) is 1.59. The molecule has 2 aromatic rings. The highest BCUT2D eigenvalue weighted by atomic mass is 16.1. The van der Waals surface area contributed by atoms with Crippen LogP contribution in [0.4, 0.5) is 0 Å².